The van der Waals surface area contributed by atoms with Gasteiger partial charge in [0, 0.05) is 18.3 Å². The summed E-state index contributed by atoms with van der Waals surface area (Å²) in [7, 11) is 1.53. The molecule has 3 aromatic rings. The Hall–Kier alpha value is -3.81. The van der Waals surface area contributed by atoms with Crippen molar-refractivity contribution in [1.82, 2.24) is 5.32 Å². The summed E-state index contributed by atoms with van der Waals surface area (Å²) in [5, 5.41) is 5.28. The number of anilines is 1. The van der Waals surface area contributed by atoms with E-state index in [1.54, 1.807) is 36.4 Å². The third-order valence-corrected chi connectivity index (χ3v) is 4.39. The molecule has 0 aliphatic rings. The summed E-state index contributed by atoms with van der Waals surface area (Å²) in [6.07, 6.45) is -4.38. The Morgan fingerprint density at radius 1 is 0.903 bits per heavy atom. The maximum Gasteiger partial charge on any atom is 0.416 e. The topological polar surface area (TPSA) is 67.4 Å². The molecule has 2 amide bonds. The molecule has 0 bridgehead atoms. The molecule has 0 aliphatic heterocycles. The van der Waals surface area contributed by atoms with Crippen molar-refractivity contribution < 1.29 is 27.5 Å². The molecule has 0 heterocycles. The number of carbonyl (C=O) groups excluding carboxylic acids is 2. The van der Waals surface area contributed by atoms with Crippen LogP contribution in [0.1, 0.15) is 21.5 Å². The Morgan fingerprint density at radius 3 is 2.29 bits per heavy atom. The molecule has 0 saturated heterocycles. The predicted octanol–water partition coefficient (Wildman–Crippen LogP) is 5.04. The van der Waals surface area contributed by atoms with Gasteiger partial charge in [-0.25, -0.2) is 0 Å². The summed E-state index contributed by atoms with van der Waals surface area (Å²) in [6, 6.07) is 17.5. The van der Waals surface area contributed by atoms with Crippen LogP contribution >= 0.6 is 0 Å². The van der Waals surface area contributed by atoms with Crippen LogP contribution in [-0.2, 0) is 17.4 Å². The van der Waals surface area contributed by atoms with Gasteiger partial charge in [-0.3, -0.25) is 9.59 Å². The number of rotatable bonds is 6. The van der Waals surface area contributed by atoms with Gasteiger partial charge in [0.25, 0.3) is 5.91 Å². The number of halogens is 3. The molecular weight excluding hydrogens is 409 g/mol. The fraction of sp³-hybridized carbons (Fsp3) is 0.130. The van der Waals surface area contributed by atoms with E-state index in [0.29, 0.717) is 11.3 Å². The van der Waals surface area contributed by atoms with Gasteiger partial charge < -0.3 is 15.4 Å². The van der Waals surface area contributed by atoms with Gasteiger partial charge in [-0.15, -0.1) is 0 Å². The van der Waals surface area contributed by atoms with E-state index in [4.69, 9.17) is 4.74 Å². The van der Waals surface area contributed by atoms with Crippen LogP contribution in [0.2, 0.25) is 0 Å². The number of hydrogen-bond acceptors (Lipinski definition) is 3. The first-order valence-corrected chi connectivity index (χ1v) is 9.31. The molecule has 0 aromatic heterocycles. The largest absolute Gasteiger partial charge is 0.457 e. The molecule has 0 radical (unpaired) electrons. The summed E-state index contributed by atoms with van der Waals surface area (Å²) in [5.74, 6) is -0.425. The number of carbonyl (C=O) groups is 2. The lowest BCUT2D eigenvalue weighted by molar-refractivity contribution is -0.137. The lowest BCUT2D eigenvalue weighted by Gasteiger charge is -2.12. The highest BCUT2D eigenvalue weighted by Crippen LogP contribution is 2.32. The monoisotopic (exact) mass is 428 g/mol. The Bertz CT molecular complexity index is 1100. The van der Waals surface area contributed by atoms with Crippen LogP contribution in [0.25, 0.3) is 0 Å². The van der Waals surface area contributed by atoms with Gasteiger partial charge in [-0.1, -0.05) is 30.3 Å². The Kier molecular flexibility index (Phi) is 6.59. The highest BCUT2D eigenvalue weighted by molar-refractivity contribution is 6.05. The van der Waals surface area contributed by atoms with Crippen molar-refractivity contribution >= 4 is 17.5 Å². The minimum atomic E-state index is -4.48. The molecule has 160 valence electrons. The van der Waals surface area contributed by atoms with Crippen LogP contribution in [0.3, 0.4) is 0 Å². The second-order valence-electron chi connectivity index (χ2n) is 6.62. The van der Waals surface area contributed by atoms with Crippen molar-refractivity contribution in [3.63, 3.8) is 0 Å². The molecular formula is C23H19F3N2O3. The zero-order valence-corrected chi connectivity index (χ0v) is 16.5. The lowest BCUT2D eigenvalue weighted by atomic mass is 10.1. The number of amides is 2. The van der Waals surface area contributed by atoms with E-state index in [9.17, 15) is 22.8 Å². The molecule has 3 rings (SSSR count). The van der Waals surface area contributed by atoms with Gasteiger partial charge in [-0.2, -0.15) is 13.2 Å². The first kappa shape index (κ1) is 21.9. The standard InChI is InChI=1S/C23H19F3N2O3/c1-27-21(29)13-15-6-2-3-11-20(15)28-22(30)16-7-4-9-18(12-16)31-19-10-5-8-17(14-19)23(24,25)26/h2-12,14H,13H2,1H3,(H,27,29)(H,28,30). The maximum atomic E-state index is 12.9. The summed E-state index contributed by atoms with van der Waals surface area (Å²) < 4.78 is 44.2. The fourth-order valence-corrected chi connectivity index (χ4v) is 2.83. The van der Waals surface area contributed by atoms with Gasteiger partial charge in [0.15, 0.2) is 0 Å². The highest BCUT2D eigenvalue weighted by Gasteiger charge is 2.30. The van der Waals surface area contributed by atoms with Crippen molar-refractivity contribution in [3.8, 4) is 11.5 Å². The molecule has 0 spiro atoms. The maximum absolute atomic E-state index is 12.9. The average molecular weight is 428 g/mol. The summed E-state index contributed by atoms with van der Waals surface area (Å²) in [6.45, 7) is 0. The first-order valence-electron chi connectivity index (χ1n) is 9.31. The van der Waals surface area contributed by atoms with Crippen molar-refractivity contribution in [2.45, 2.75) is 12.6 Å². The number of nitrogens with one attached hydrogen (secondary N) is 2. The molecule has 3 aromatic carbocycles. The third-order valence-electron chi connectivity index (χ3n) is 4.39. The molecule has 8 heteroatoms. The second-order valence-corrected chi connectivity index (χ2v) is 6.62. The van der Waals surface area contributed by atoms with Crippen molar-refractivity contribution in [2.24, 2.45) is 0 Å². The van der Waals surface area contributed by atoms with E-state index in [2.05, 4.69) is 10.6 Å². The normalized spacial score (nSPS) is 11.0. The average Bonchev–Trinajstić information content (AvgIpc) is 2.75. The number of likely N-dealkylation sites (N-methyl/N-ethyl adjacent to an activating group) is 1. The summed E-state index contributed by atoms with van der Waals surface area (Å²) in [4.78, 5) is 24.4. The summed E-state index contributed by atoms with van der Waals surface area (Å²) >= 11 is 0. The zero-order chi connectivity index (χ0) is 22.4. The number of hydrogen-bond donors (Lipinski definition) is 2. The van der Waals surface area contributed by atoms with Crippen molar-refractivity contribution in [3.05, 3.63) is 89.5 Å². The second kappa shape index (κ2) is 9.34. The SMILES string of the molecule is CNC(=O)Cc1ccccc1NC(=O)c1cccc(Oc2cccc(C(F)(F)F)c2)c1. The van der Waals surface area contributed by atoms with E-state index in [1.165, 1.54) is 31.3 Å². The molecule has 0 saturated carbocycles. The van der Waals surface area contributed by atoms with Gasteiger partial charge in [-0.05, 0) is 48.0 Å². The van der Waals surface area contributed by atoms with Gasteiger partial charge in [0.05, 0.1) is 12.0 Å². The van der Waals surface area contributed by atoms with Gasteiger partial charge in [0.1, 0.15) is 11.5 Å². The van der Waals surface area contributed by atoms with Crippen molar-refractivity contribution in [1.29, 1.82) is 0 Å². The minimum absolute atomic E-state index is 0.00306. The van der Waals surface area contributed by atoms with Crippen LogP contribution in [-0.4, -0.2) is 18.9 Å². The molecule has 0 aliphatic carbocycles. The first-order chi connectivity index (χ1) is 14.8. The molecule has 2 N–H and O–H groups in total. The smallest absolute Gasteiger partial charge is 0.416 e. The quantitative estimate of drug-likeness (QED) is 0.578. The minimum Gasteiger partial charge on any atom is -0.457 e. The molecule has 0 fully saturated rings. The molecule has 0 atom stereocenters. The highest BCUT2D eigenvalue weighted by atomic mass is 19.4. The third kappa shape index (κ3) is 5.85. The van der Waals surface area contributed by atoms with E-state index in [-0.39, 0.29) is 29.4 Å². The van der Waals surface area contributed by atoms with Crippen LogP contribution in [0.5, 0.6) is 11.5 Å². The van der Waals surface area contributed by atoms with Gasteiger partial charge >= 0.3 is 6.18 Å². The zero-order valence-electron chi connectivity index (χ0n) is 16.5. The number of benzene rings is 3. The molecule has 31 heavy (non-hydrogen) atoms. The number of alkyl halides is 3. The van der Waals surface area contributed by atoms with E-state index in [1.807, 2.05) is 0 Å². The molecule has 0 unspecified atom stereocenters. The summed E-state index contributed by atoms with van der Waals surface area (Å²) in [5.41, 5.74) is 0.553. The Morgan fingerprint density at radius 2 is 1.58 bits per heavy atom. The molecule has 5 nitrogen and oxygen atoms in total. The van der Waals surface area contributed by atoms with E-state index in [0.717, 1.165) is 12.1 Å². The van der Waals surface area contributed by atoms with Crippen LogP contribution in [0.4, 0.5) is 18.9 Å². The predicted molar refractivity (Wildman–Crippen MR) is 110 cm³/mol. The lowest BCUT2D eigenvalue weighted by Crippen LogP contribution is -2.21. The van der Waals surface area contributed by atoms with Crippen LogP contribution in [0, 0.1) is 0 Å². The van der Waals surface area contributed by atoms with Crippen LogP contribution < -0.4 is 15.4 Å². The number of para-hydroxylation sites is 1. The Balaban J connectivity index is 1.77. The number of ether oxygens (including phenoxy) is 1. The van der Waals surface area contributed by atoms with E-state index < -0.39 is 17.6 Å². The van der Waals surface area contributed by atoms with Crippen LogP contribution in [0.15, 0.2) is 72.8 Å². The Labute approximate surface area is 176 Å². The van der Waals surface area contributed by atoms with Gasteiger partial charge in [0.2, 0.25) is 5.91 Å². The van der Waals surface area contributed by atoms with E-state index >= 15 is 0 Å². The fourth-order valence-electron chi connectivity index (χ4n) is 2.83. The van der Waals surface area contributed by atoms with Crippen molar-refractivity contribution in [2.75, 3.05) is 12.4 Å².